The topological polar surface area (TPSA) is 69.0 Å². The maximum Gasteiger partial charge on any atom is 0.422 e. The molecule has 3 rings (SSSR count). The van der Waals surface area contributed by atoms with Gasteiger partial charge in [-0.1, -0.05) is 29.8 Å². The van der Waals surface area contributed by atoms with E-state index in [4.69, 9.17) is 11.6 Å². The van der Waals surface area contributed by atoms with Crippen LogP contribution in [-0.4, -0.2) is 33.5 Å². The quantitative estimate of drug-likeness (QED) is 0.662. The van der Waals surface area contributed by atoms with Gasteiger partial charge in [0.25, 0.3) is 5.91 Å². The molecule has 28 heavy (non-hydrogen) atoms. The van der Waals surface area contributed by atoms with Gasteiger partial charge in [0.1, 0.15) is 5.02 Å². The van der Waals surface area contributed by atoms with Gasteiger partial charge in [-0.15, -0.1) is 0 Å². The highest BCUT2D eigenvalue weighted by Crippen LogP contribution is 2.25. The summed E-state index contributed by atoms with van der Waals surface area (Å²) < 4.78 is 42.9. The number of halogens is 4. The molecule has 0 bridgehead atoms. The molecule has 0 spiro atoms. The van der Waals surface area contributed by atoms with E-state index in [9.17, 15) is 18.0 Å². The van der Waals surface area contributed by atoms with Crippen molar-refractivity contribution in [2.45, 2.75) is 12.7 Å². The highest BCUT2D eigenvalue weighted by molar-refractivity contribution is 6.32. The van der Waals surface area contributed by atoms with Crippen molar-refractivity contribution in [1.82, 2.24) is 14.8 Å². The van der Waals surface area contributed by atoms with Gasteiger partial charge < -0.3 is 10.1 Å². The van der Waals surface area contributed by atoms with Gasteiger partial charge in [-0.25, -0.2) is 4.98 Å². The predicted octanol–water partition coefficient (Wildman–Crippen LogP) is 4.17. The average Bonchev–Trinajstić information content (AvgIpc) is 3.14. The molecule has 6 nitrogen and oxygen atoms in total. The van der Waals surface area contributed by atoms with Gasteiger partial charge in [0, 0.05) is 24.3 Å². The second kappa shape index (κ2) is 8.30. The van der Waals surface area contributed by atoms with Crippen LogP contribution in [-0.2, 0) is 6.54 Å². The Balaban J connectivity index is 1.72. The van der Waals surface area contributed by atoms with E-state index in [1.165, 1.54) is 6.07 Å². The number of hydrogen-bond acceptors (Lipinski definition) is 4. The second-order valence-corrected chi connectivity index (χ2v) is 6.14. The van der Waals surface area contributed by atoms with Crippen molar-refractivity contribution >= 4 is 23.2 Å². The highest BCUT2D eigenvalue weighted by atomic mass is 35.5. The van der Waals surface area contributed by atoms with Crippen LogP contribution >= 0.6 is 11.6 Å². The number of pyridine rings is 1. The van der Waals surface area contributed by atoms with Crippen LogP contribution in [0.25, 0.3) is 0 Å². The van der Waals surface area contributed by atoms with E-state index in [2.05, 4.69) is 20.1 Å². The molecule has 0 aliphatic heterocycles. The lowest BCUT2D eigenvalue weighted by Crippen LogP contribution is -2.20. The number of alkyl halides is 3. The second-order valence-electron chi connectivity index (χ2n) is 5.73. The largest absolute Gasteiger partial charge is 0.467 e. The third-order valence-electron chi connectivity index (χ3n) is 3.60. The molecule has 0 unspecified atom stereocenters. The van der Waals surface area contributed by atoms with Crippen molar-refractivity contribution in [2.24, 2.45) is 0 Å². The van der Waals surface area contributed by atoms with Gasteiger partial charge in [-0.05, 0) is 23.8 Å². The van der Waals surface area contributed by atoms with Crippen molar-refractivity contribution in [1.29, 1.82) is 0 Å². The van der Waals surface area contributed by atoms with E-state index in [1.54, 1.807) is 35.3 Å². The van der Waals surface area contributed by atoms with Crippen LogP contribution in [0, 0.1) is 0 Å². The Morgan fingerprint density at radius 1 is 1.25 bits per heavy atom. The van der Waals surface area contributed by atoms with Crippen LogP contribution in [0.2, 0.25) is 5.02 Å². The van der Waals surface area contributed by atoms with E-state index in [0.717, 1.165) is 11.8 Å². The van der Waals surface area contributed by atoms with Crippen molar-refractivity contribution in [3.05, 3.63) is 71.1 Å². The SMILES string of the molecule is O=C(Nc1ccccc1Cn1cccn1)c1cnc(OCC(F)(F)F)c(Cl)c1. The van der Waals surface area contributed by atoms with Crippen LogP contribution in [0.15, 0.2) is 55.0 Å². The summed E-state index contributed by atoms with van der Waals surface area (Å²) in [5.74, 6) is -0.903. The third-order valence-corrected chi connectivity index (χ3v) is 3.87. The number of hydrogen-bond donors (Lipinski definition) is 1. The molecule has 0 aliphatic rings. The van der Waals surface area contributed by atoms with Crippen LogP contribution in [0.3, 0.4) is 0 Å². The number of aromatic nitrogens is 3. The number of carbonyl (C=O) groups excluding carboxylic acids is 1. The van der Waals surface area contributed by atoms with Crippen molar-refractivity contribution < 1.29 is 22.7 Å². The summed E-state index contributed by atoms with van der Waals surface area (Å²) in [6.07, 6.45) is 0.0294. The first kappa shape index (κ1) is 19.7. The van der Waals surface area contributed by atoms with Gasteiger partial charge in [0.2, 0.25) is 5.88 Å². The molecule has 0 radical (unpaired) electrons. The predicted molar refractivity (Wildman–Crippen MR) is 96.5 cm³/mol. The minimum Gasteiger partial charge on any atom is -0.467 e. The smallest absolute Gasteiger partial charge is 0.422 e. The summed E-state index contributed by atoms with van der Waals surface area (Å²) in [7, 11) is 0. The molecule has 0 aliphatic carbocycles. The zero-order chi connectivity index (χ0) is 20.1. The molecular formula is C18H14ClF3N4O2. The lowest BCUT2D eigenvalue weighted by Gasteiger charge is -2.12. The number of nitrogens with zero attached hydrogens (tertiary/aromatic N) is 3. The van der Waals surface area contributed by atoms with E-state index in [-0.39, 0.29) is 10.6 Å². The zero-order valence-corrected chi connectivity index (χ0v) is 15.0. The number of amides is 1. The molecule has 0 saturated carbocycles. The van der Waals surface area contributed by atoms with E-state index in [0.29, 0.717) is 12.2 Å². The molecule has 146 valence electrons. The first-order chi connectivity index (χ1) is 13.3. The van der Waals surface area contributed by atoms with Gasteiger partial charge in [0.05, 0.1) is 12.1 Å². The minimum atomic E-state index is -4.51. The van der Waals surface area contributed by atoms with E-state index in [1.807, 2.05) is 12.1 Å². The van der Waals surface area contributed by atoms with Gasteiger partial charge >= 0.3 is 6.18 Å². The molecular weight excluding hydrogens is 397 g/mol. The van der Waals surface area contributed by atoms with Crippen molar-refractivity contribution in [2.75, 3.05) is 11.9 Å². The summed E-state index contributed by atoms with van der Waals surface area (Å²) in [6, 6.07) is 10.2. The monoisotopic (exact) mass is 410 g/mol. The Hall–Kier alpha value is -3.07. The Morgan fingerprint density at radius 2 is 2.04 bits per heavy atom. The number of rotatable bonds is 6. The molecule has 1 amide bonds. The molecule has 2 heterocycles. The summed E-state index contributed by atoms with van der Waals surface area (Å²) in [5, 5.41) is 6.68. The van der Waals surface area contributed by atoms with Gasteiger partial charge in [0.15, 0.2) is 6.61 Å². The summed E-state index contributed by atoms with van der Waals surface area (Å²) in [4.78, 5) is 16.2. The van der Waals surface area contributed by atoms with E-state index < -0.39 is 24.6 Å². The normalized spacial score (nSPS) is 11.3. The molecule has 1 N–H and O–H groups in total. The van der Waals surface area contributed by atoms with Crippen LogP contribution in [0.1, 0.15) is 15.9 Å². The first-order valence-corrected chi connectivity index (χ1v) is 8.41. The molecule has 10 heteroatoms. The number of anilines is 1. The summed E-state index contributed by atoms with van der Waals surface area (Å²) in [6.45, 7) is -1.07. The molecule has 3 aromatic rings. The standard InChI is InChI=1S/C18H14ClF3N4O2/c19-14-8-13(9-23-17(14)28-11-18(20,21)22)16(27)25-15-5-2-1-4-12(15)10-26-7-3-6-24-26/h1-9H,10-11H2,(H,25,27). The molecule has 0 saturated heterocycles. The Bertz CT molecular complexity index is 962. The summed E-state index contributed by atoms with van der Waals surface area (Å²) in [5.41, 5.74) is 1.47. The number of para-hydroxylation sites is 1. The van der Waals surface area contributed by atoms with Gasteiger partial charge in [-0.2, -0.15) is 18.3 Å². The fourth-order valence-corrected chi connectivity index (χ4v) is 2.57. The van der Waals surface area contributed by atoms with E-state index >= 15 is 0 Å². The van der Waals surface area contributed by atoms with Crippen molar-refractivity contribution in [3.63, 3.8) is 0 Å². The Kier molecular flexibility index (Phi) is 5.84. The minimum absolute atomic E-state index is 0.0817. The zero-order valence-electron chi connectivity index (χ0n) is 14.3. The third kappa shape index (κ3) is 5.23. The molecule has 2 aromatic heterocycles. The van der Waals surface area contributed by atoms with Crippen LogP contribution in [0.4, 0.5) is 18.9 Å². The first-order valence-electron chi connectivity index (χ1n) is 8.03. The average molecular weight is 411 g/mol. The maximum absolute atomic E-state index is 12.5. The van der Waals surface area contributed by atoms with Crippen LogP contribution < -0.4 is 10.1 Å². The molecule has 0 fully saturated rings. The lowest BCUT2D eigenvalue weighted by atomic mass is 10.1. The Labute approximate surface area is 162 Å². The summed E-state index contributed by atoms with van der Waals surface area (Å²) >= 11 is 5.88. The lowest BCUT2D eigenvalue weighted by molar-refractivity contribution is -0.154. The fraction of sp³-hybridized carbons (Fsp3) is 0.167. The molecule has 1 aromatic carbocycles. The number of carbonyl (C=O) groups is 1. The molecule has 0 atom stereocenters. The fourth-order valence-electron chi connectivity index (χ4n) is 2.35. The Morgan fingerprint density at radius 3 is 2.71 bits per heavy atom. The number of nitrogens with one attached hydrogen (secondary N) is 1. The number of ether oxygens (including phenoxy) is 1. The van der Waals surface area contributed by atoms with Gasteiger partial charge in [-0.3, -0.25) is 9.48 Å². The number of benzene rings is 1. The highest BCUT2D eigenvalue weighted by Gasteiger charge is 2.29. The van der Waals surface area contributed by atoms with Crippen LogP contribution in [0.5, 0.6) is 5.88 Å². The maximum atomic E-state index is 12.5. The van der Waals surface area contributed by atoms with Crippen molar-refractivity contribution in [3.8, 4) is 5.88 Å².